The van der Waals surface area contributed by atoms with Crippen molar-refractivity contribution in [3.8, 4) is 5.82 Å². The maximum Gasteiger partial charge on any atom is 0.259 e. The number of rotatable bonds is 4. The van der Waals surface area contributed by atoms with E-state index in [2.05, 4.69) is 20.6 Å². The summed E-state index contributed by atoms with van der Waals surface area (Å²) in [5.74, 6) is 1.11. The van der Waals surface area contributed by atoms with Crippen LogP contribution in [0.1, 0.15) is 47.3 Å². The van der Waals surface area contributed by atoms with Crippen LogP contribution in [0.25, 0.3) is 5.82 Å². The van der Waals surface area contributed by atoms with Crippen molar-refractivity contribution < 1.29 is 9.32 Å². The quantitative estimate of drug-likeness (QED) is 0.796. The van der Waals surface area contributed by atoms with Gasteiger partial charge in [-0.05, 0) is 31.9 Å². The number of aromatic nitrogens is 4. The zero-order valence-electron chi connectivity index (χ0n) is 14.1. The molecule has 1 N–H and O–H groups in total. The lowest BCUT2D eigenvalue weighted by molar-refractivity contribution is 0.102. The van der Waals surface area contributed by atoms with Crippen LogP contribution in [0.15, 0.2) is 35.1 Å². The number of hydrogen-bond donors (Lipinski definition) is 1. The van der Waals surface area contributed by atoms with E-state index in [0.717, 1.165) is 5.69 Å². The predicted molar refractivity (Wildman–Crippen MR) is 89.4 cm³/mol. The molecule has 0 fully saturated rings. The fourth-order valence-corrected chi connectivity index (χ4v) is 2.59. The average molecular weight is 325 g/mol. The first-order valence-corrected chi connectivity index (χ1v) is 7.72. The van der Waals surface area contributed by atoms with Crippen LogP contribution in [0.3, 0.4) is 0 Å². The molecule has 3 rings (SSSR count). The van der Waals surface area contributed by atoms with Gasteiger partial charge in [-0.1, -0.05) is 25.1 Å². The smallest absolute Gasteiger partial charge is 0.259 e. The fourth-order valence-electron chi connectivity index (χ4n) is 2.59. The topological polar surface area (TPSA) is 85.8 Å². The van der Waals surface area contributed by atoms with Gasteiger partial charge in [-0.25, -0.2) is 9.67 Å². The van der Waals surface area contributed by atoms with Crippen LogP contribution in [0, 0.1) is 13.8 Å². The fraction of sp³-hybridized carbons (Fsp3) is 0.294. The minimum Gasteiger partial charge on any atom is -0.359 e. The molecule has 24 heavy (non-hydrogen) atoms. The van der Waals surface area contributed by atoms with Crippen LogP contribution >= 0.6 is 0 Å². The average Bonchev–Trinajstić information content (AvgIpc) is 3.14. The minimum absolute atomic E-state index is 0.0972. The highest BCUT2D eigenvalue weighted by Crippen LogP contribution is 2.25. The van der Waals surface area contributed by atoms with Crippen LogP contribution in [0.2, 0.25) is 0 Å². The van der Waals surface area contributed by atoms with E-state index in [4.69, 9.17) is 4.52 Å². The zero-order valence-corrected chi connectivity index (χ0v) is 14.1. The Bertz CT molecular complexity index is 845. The first kappa shape index (κ1) is 15.9. The molecule has 0 aliphatic heterocycles. The monoisotopic (exact) mass is 325 g/mol. The van der Waals surface area contributed by atoms with Crippen LogP contribution in [0.5, 0.6) is 0 Å². The molecule has 3 aromatic rings. The maximum atomic E-state index is 12.7. The number of nitrogens with zero attached hydrogens (tertiary/aromatic N) is 4. The molecule has 0 saturated heterocycles. The lowest BCUT2D eigenvalue weighted by atomic mass is 10.1. The second-order valence-corrected chi connectivity index (χ2v) is 5.85. The molecule has 0 unspecified atom stereocenters. The lowest BCUT2D eigenvalue weighted by Crippen LogP contribution is -2.16. The summed E-state index contributed by atoms with van der Waals surface area (Å²) in [6.07, 6.45) is 3.27. The third-order valence-corrected chi connectivity index (χ3v) is 3.74. The third kappa shape index (κ3) is 2.80. The van der Waals surface area contributed by atoms with Crippen molar-refractivity contribution in [2.24, 2.45) is 0 Å². The van der Waals surface area contributed by atoms with Gasteiger partial charge in [0.25, 0.3) is 5.91 Å². The largest absolute Gasteiger partial charge is 0.359 e. The Morgan fingerprint density at radius 1 is 1.29 bits per heavy atom. The summed E-state index contributed by atoms with van der Waals surface area (Å²) in [7, 11) is 0. The van der Waals surface area contributed by atoms with Gasteiger partial charge < -0.3 is 9.84 Å². The highest BCUT2D eigenvalue weighted by Gasteiger charge is 2.23. The summed E-state index contributed by atoms with van der Waals surface area (Å²) in [4.78, 5) is 17.0. The van der Waals surface area contributed by atoms with Crippen molar-refractivity contribution in [1.29, 1.82) is 0 Å². The molecular formula is C17H19N5O2. The number of anilines is 1. The van der Waals surface area contributed by atoms with Crippen LogP contribution < -0.4 is 5.32 Å². The molecule has 3 aromatic heterocycles. The Kier molecular flexibility index (Phi) is 4.16. The van der Waals surface area contributed by atoms with E-state index in [-0.39, 0.29) is 11.8 Å². The SMILES string of the molecule is Cc1noc(C)c1NC(=O)c1cnn(-c2ccccn2)c1C(C)C. The summed E-state index contributed by atoms with van der Waals surface area (Å²) in [6, 6.07) is 5.58. The van der Waals surface area contributed by atoms with E-state index in [9.17, 15) is 4.79 Å². The molecule has 124 valence electrons. The third-order valence-electron chi connectivity index (χ3n) is 3.74. The molecule has 7 nitrogen and oxygen atoms in total. The van der Waals surface area contributed by atoms with Gasteiger partial charge in [0.1, 0.15) is 11.4 Å². The van der Waals surface area contributed by atoms with E-state index in [0.29, 0.717) is 28.5 Å². The Morgan fingerprint density at radius 3 is 2.67 bits per heavy atom. The van der Waals surface area contributed by atoms with Gasteiger partial charge in [-0.3, -0.25) is 4.79 Å². The van der Waals surface area contributed by atoms with Gasteiger partial charge in [0.2, 0.25) is 0 Å². The van der Waals surface area contributed by atoms with Crippen molar-refractivity contribution in [2.75, 3.05) is 5.32 Å². The minimum atomic E-state index is -0.240. The van der Waals surface area contributed by atoms with Crippen molar-refractivity contribution in [3.63, 3.8) is 0 Å². The van der Waals surface area contributed by atoms with Crippen LogP contribution in [-0.4, -0.2) is 25.8 Å². The van der Waals surface area contributed by atoms with Gasteiger partial charge in [-0.15, -0.1) is 0 Å². The zero-order chi connectivity index (χ0) is 17.3. The van der Waals surface area contributed by atoms with Gasteiger partial charge in [0.05, 0.1) is 17.5 Å². The normalized spacial score (nSPS) is 11.0. The van der Waals surface area contributed by atoms with E-state index < -0.39 is 0 Å². The highest BCUT2D eigenvalue weighted by atomic mass is 16.5. The number of aryl methyl sites for hydroxylation is 2. The first-order valence-electron chi connectivity index (χ1n) is 7.72. The molecule has 0 bridgehead atoms. The molecule has 0 saturated carbocycles. The summed E-state index contributed by atoms with van der Waals surface area (Å²) in [6.45, 7) is 7.58. The summed E-state index contributed by atoms with van der Waals surface area (Å²) in [5, 5.41) is 11.1. The maximum absolute atomic E-state index is 12.7. The lowest BCUT2D eigenvalue weighted by Gasteiger charge is -2.12. The molecule has 0 radical (unpaired) electrons. The molecule has 0 aliphatic rings. The second-order valence-electron chi connectivity index (χ2n) is 5.85. The molecule has 1 amide bonds. The van der Waals surface area contributed by atoms with Gasteiger partial charge in [0.15, 0.2) is 11.6 Å². The number of carbonyl (C=O) groups excluding carboxylic acids is 1. The summed E-state index contributed by atoms with van der Waals surface area (Å²) < 4.78 is 6.79. The van der Waals surface area contributed by atoms with E-state index in [1.165, 1.54) is 0 Å². The molecule has 0 aromatic carbocycles. The molecule has 3 heterocycles. The van der Waals surface area contributed by atoms with Gasteiger partial charge >= 0.3 is 0 Å². The Morgan fingerprint density at radius 2 is 2.08 bits per heavy atom. The van der Waals surface area contributed by atoms with Gasteiger partial charge in [0, 0.05) is 6.20 Å². The molecule has 0 aliphatic carbocycles. The van der Waals surface area contributed by atoms with Crippen molar-refractivity contribution in [1.82, 2.24) is 19.9 Å². The van der Waals surface area contributed by atoms with Crippen molar-refractivity contribution in [3.05, 3.63) is 53.3 Å². The van der Waals surface area contributed by atoms with Crippen LogP contribution in [-0.2, 0) is 0 Å². The summed E-state index contributed by atoms with van der Waals surface area (Å²) >= 11 is 0. The number of amides is 1. The Labute approximate surface area is 139 Å². The first-order chi connectivity index (χ1) is 11.5. The molecule has 0 atom stereocenters. The number of nitrogens with one attached hydrogen (secondary N) is 1. The molecular weight excluding hydrogens is 306 g/mol. The van der Waals surface area contributed by atoms with E-state index >= 15 is 0 Å². The number of hydrogen-bond acceptors (Lipinski definition) is 5. The predicted octanol–water partition coefficient (Wildman–Crippen LogP) is 3.25. The van der Waals surface area contributed by atoms with Gasteiger partial charge in [-0.2, -0.15) is 5.10 Å². The molecule has 0 spiro atoms. The Hall–Kier alpha value is -2.96. The van der Waals surface area contributed by atoms with E-state index in [1.807, 2.05) is 32.0 Å². The number of carbonyl (C=O) groups is 1. The van der Waals surface area contributed by atoms with Crippen molar-refractivity contribution in [2.45, 2.75) is 33.6 Å². The number of pyridine rings is 1. The van der Waals surface area contributed by atoms with E-state index in [1.54, 1.807) is 30.9 Å². The van der Waals surface area contributed by atoms with Crippen LogP contribution in [0.4, 0.5) is 5.69 Å². The molecule has 7 heteroatoms. The summed E-state index contributed by atoms with van der Waals surface area (Å²) in [5.41, 5.74) is 2.55. The second kappa shape index (κ2) is 6.27. The Balaban J connectivity index is 1.99. The van der Waals surface area contributed by atoms with Crippen molar-refractivity contribution >= 4 is 11.6 Å². The highest BCUT2D eigenvalue weighted by molar-refractivity contribution is 6.05. The standard InChI is InChI=1S/C17H19N5O2/c1-10(2)16-13(9-19-22(16)14-7-5-6-8-18-14)17(23)20-15-11(3)21-24-12(15)4/h5-10H,1-4H3,(H,20,23).